The highest BCUT2D eigenvalue weighted by atomic mass is 32.1. The Kier molecular flexibility index (Phi) is 2.08. The van der Waals surface area contributed by atoms with E-state index in [2.05, 4.69) is 10.6 Å². The van der Waals surface area contributed by atoms with E-state index >= 15 is 0 Å². The summed E-state index contributed by atoms with van der Waals surface area (Å²) in [5, 5.41) is 17.4. The summed E-state index contributed by atoms with van der Waals surface area (Å²) < 4.78 is 0. The van der Waals surface area contributed by atoms with Gasteiger partial charge in [0.15, 0.2) is 0 Å². The molecule has 1 fully saturated rings. The molecule has 2 amide bonds. The zero-order chi connectivity index (χ0) is 10.1. The number of rotatable bonds is 2. The number of hydrogen-bond donors (Lipinski definition) is 2. The van der Waals surface area contributed by atoms with Crippen molar-refractivity contribution in [3.05, 3.63) is 27.1 Å². The Morgan fingerprint density at radius 2 is 2.43 bits per heavy atom. The molecule has 7 heteroatoms. The summed E-state index contributed by atoms with van der Waals surface area (Å²) in [4.78, 5) is 20.8. The zero-order valence-electron chi connectivity index (χ0n) is 7.02. The molecule has 0 unspecified atom stereocenters. The lowest BCUT2D eigenvalue weighted by Gasteiger charge is -2.03. The highest BCUT2D eigenvalue weighted by molar-refractivity contribution is 7.13. The molecule has 0 radical (unpaired) electrons. The maximum Gasteiger partial charge on any atom is 0.324 e. The minimum atomic E-state index is -0.432. The summed E-state index contributed by atoms with van der Waals surface area (Å²) in [5.41, 5.74) is 0.778. The number of nitro groups is 1. The average molecular weight is 213 g/mol. The fourth-order valence-electron chi connectivity index (χ4n) is 1.27. The van der Waals surface area contributed by atoms with Crippen LogP contribution in [0, 0.1) is 10.1 Å². The van der Waals surface area contributed by atoms with Crippen molar-refractivity contribution in [2.75, 3.05) is 6.54 Å². The van der Waals surface area contributed by atoms with Crippen LogP contribution in [-0.4, -0.2) is 17.5 Å². The Labute approximate surface area is 83.1 Å². The van der Waals surface area contributed by atoms with Gasteiger partial charge in [0.25, 0.3) is 0 Å². The molecular formula is C7H7N3O3S. The molecule has 1 atom stereocenters. The molecule has 2 rings (SSSR count). The van der Waals surface area contributed by atoms with Crippen LogP contribution in [0.2, 0.25) is 0 Å². The van der Waals surface area contributed by atoms with Crippen molar-refractivity contribution in [3.8, 4) is 0 Å². The quantitative estimate of drug-likeness (QED) is 0.568. The minimum absolute atomic E-state index is 0.0983. The van der Waals surface area contributed by atoms with E-state index in [0.717, 1.165) is 16.9 Å². The molecule has 2 N–H and O–H groups in total. The third-order valence-corrected chi connectivity index (χ3v) is 2.86. The first-order valence-electron chi connectivity index (χ1n) is 3.94. The van der Waals surface area contributed by atoms with Crippen LogP contribution in [0.4, 0.5) is 9.80 Å². The van der Waals surface area contributed by atoms with Crippen LogP contribution < -0.4 is 10.6 Å². The molecule has 1 saturated heterocycles. The van der Waals surface area contributed by atoms with Crippen LogP contribution in [0.25, 0.3) is 0 Å². The van der Waals surface area contributed by atoms with Gasteiger partial charge in [-0.05, 0) is 5.56 Å². The standard InChI is InChI=1S/C7H7N3O3S/c11-7-8-2-5(9-7)4-1-6(10(12)13)14-3-4/h1,3,5H,2H2,(H2,8,9,11)/t5-/m0/s1. The first-order valence-corrected chi connectivity index (χ1v) is 4.82. The third-order valence-electron chi connectivity index (χ3n) is 1.96. The normalized spacial score (nSPS) is 20.3. The van der Waals surface area contributed by atoms with Gasteiger partial charge < -0.3 is 10.6 Å². The molecule has 0 saturated carbocycles. The van der Waals surface area contributed by atoms with Crippen LogP contribution in [0.5, 0.6) is 0 Å². The predicted molar refractivity (Wildman–Crippen MR) is 50.2 cm³/mol. The molecule has 14 heavy (non-hydrogen) atoms. The molecule has 74 valence electrons. The number of urea groups is 1. The van der Waals surface area contributed by atoms with Crippen molar-refractivity contribution in [2.24, 2.45) is 0 Å². The summed E-state index contributed by atoms with van der Waals surface area (Å²) in [7, 11) is 0. The fraction of sp³-hybridized carbons (Fsp3) is 0.286. The van der Waals surface area contributed by atoms with E-state index in [1.54, 1.807) is 5.38 Å². The smallest absolute Gasteiger partial charge is 0.324 e. The van der Waals surface area contributed by atoms with Crippen LogP contribution in [-0.2, 0) is 0 Å². The summed E-state index contributed by atoms with van der Waals surface area (Å²) in [6.07, 6.45) is 0. The van der Waals surface area contributed by atoms with Crippen molar-refractivity contribution in [1.29, 1.82) is 0 Å². The number of nitrogens with zero attached hydrogens (tertiary/aromatic N) is 1. The largest absolute Gasteiger partial charge is 0.336 e. The molecule has 0 spiro atoms. The number of amides is 2. The average Bonchev–Trinajstić information content (AvgIpc) is 2.70. The van der Waals surface area contributed by atoms with E-state index in [0.29, 0.717) is 6.54 Å². The Balaban J connectivity index is 2.17. The second-order valence-electron chi connectivity index (χ2n) is 2.88. The van der Waals surface area contributed by atoms with Crippen molar-refractivity contribution >= 4 is 22.4 Å². The molecule has 6 nitrogen and oxygen atoms in total. The molecule has 0 bridgehead atoms. The molecule has 2 heterocycles. The van der Waals surface area contributed by atoms with E-state index in [1.807, 2.05) is 0 Å². The zero-order valence-corrected chi connectivity index (χ0v) is 7.84. The van der Waals surface area contributed by atoms with E-state index in [1.165, 1.54) is 6.07 Å². The summed E-state index contributed by atoms with van der Waals surface area (Å²) >= 11 is 1.07. The van der Waals surface area contributed by atoms with E-state index in [-0.39, 0.29) is 17.1 Å². The number of thiophene rings is 1. The lowest BCUT2D eigenvalue weighted by Crippen LogP contribution is -2.21. The Morgan fingerprint density at radius 3 is 2.93 bits per heavy atom. The Morgan fingerprint density at radius 1 is 1.64 bits per heavy atom. The van der Waals surface area contributed by atoms with Gasteiger partial charge >= 0.3 is 11.0 Å². The molecule has 1 aliphatic heterocycles. The fourth-order valence-corrected chi connectivity index (χ4v) is 2.05. The lowest BCUT2D eigenvalue weighted by atomic mass is 10.2. The van der Waals surface area contributed by atoms with Gasteiger partial charge in [-0.2, -0.15) is 0 Å². The molecule has 1 aromatic heterocycles. The maximum atomic E-state index is 10.8. The molecule has 1 aliphatic rings. The van der Waals surface area contributed by atoms with Gasteiger partial charge in [-0.1, -0.05) is 11.3 Å². The van der Waals surface area contributed by atoms with Gasteiger partial charge in [0.1, 0.15) is 0 Å². The Bertz CT molecular complexity index is 389. The van der Waals surface area contributed by atoms with Gasteiger partial charge in [-0.15, -0.1) is 0 Å². The lowest BCUT2D eigenvalue weighted by molar-refractivity contribution is -0.380. The van der Waals surface area contributed by atoms with Gasteiger partial charge in [0.05, 0.1) is 11.0 Å². The van der Waals surface area contributed by atoms with Gasteiger partial charge in [-0.3, -0.25) is 10.1 Å². The van der Waals surface area contributed by atoms with Gasteiger partial charge in [0.2, 0.25) is 0 Å². The van der Waals surface area contributed by atoms with Gasteiger partial charge in [0, 0.05) is 18.0 Å². The maximum absolute atomic E-state index is 10.8. The summed E-state index contributed by atoms with van der Waals surface area (Å²) in [5.74, 6) is 0. The first kappa shape index (κ1) is 8.95. The van der Waals surface area contributed by atoms with Crippen molar-refractivity contribution in [1.82, 2.24) is 10.6 Å². The second-order valence-corrected chi connectivity index (χ2v) is 3.77. The predicted octanol–water partition coefficient (Wildman–Crippen LogP) is 1.01. The van der Waals surface area contributed by atoms with Crippen LogP contribution in [0.3, 0.4) is 0 Å². The van der Waals surface area contributed by atoms with E-state index in [9.17, 15) is 14.9 Å². The summed E-state index contributed by atoms with van der Waals surface area (Å²) in [6.45, 7) is 0.479. The van der Waals surface area contributed by atoms with Crippen molar-refractivity contribution < 1.29 is 9.72 Å². The van der Waals surface area contributed by atoms with Crippen molar-refractivity contribution in [3.63, 3.8) is 0 Å². The number of hydrogen-bond acceptors (Lipinski definition) is 4. The highest BCUT2D eigenvalue weighted by Crippen LogP contribution is 2.27. The van der Waals surface area contributed by atoms with Crippen molar-refractivity contribution in [2.45, 2.75) is 6.04 Å². The van der Waals surface area contributed by atoms with Crippen LogP contribution >= 0.6 is 11.3 Å². The van der Waals surface area contributed by atoms with E-state index < -0.39 is 4.92 Å². The summed E-state index contributed by atoms with van der Waals surface area (Å²) in [6, 6.07) is 1.11. The van der Waals surface area contributed by atoms with Crippen LogP contribution in [0.1, 0.15) is 11.6 Å². The second kappa shape index (κ2) is 3.26. The monoisotopic (exact) mass is 213 g/mol. The molecule has 0 aromatic carbocycles. The van der Waals surface area contributed by atoms with E-state index in [4.69, 9.17) is 0 Å². The third kappa shape index (κ3) is 1.53. The van der Waals surface area contributed by atoms with Gasteiger partial charge in [-0.25, -0.2) is 4.79 Å². The molecular weight excluding hydrogens is 206 g/mol. The highest BCUT2D eigenvalue weighted by Gasteiger charge is 2.24. The number of nitrogens with one attached hydrogen (secondary N) is 2. The SMILES string of the molecule is O=C1NC[C@@H](c2csc([N+](=O)[O-])c2)N1. The molecule has 1 aromatic rings. The van der Waals surface area contributed by atoms with Crippen LogP contribution in [0.15, 0.2) is 11.4 Å². The minimum Gasteiger partial charge on any atom is -0.336 e. The number of carbonyl (C=O) groups excluding carboxylic acids is 1. The number of carbonyl (C=O) groups is 1. The topological polar surface area (TPSA) is 84.3 Å². The molecule has 0 aliphatic carbocycles. The Hall–Kier alpha value is -1.63. The first-order chi connectivity index (χ1) is 6.66.